The fourth-order valence-corrected chi connectivity index (χ4v) is 3.86. The molecule has 2 rings (SSSR count). The van der Waals surface area contributed by atoms with Crippen LogP contribution in [0.4, 0.5) is 20.2 Å². The van der Waals surface area contributed by atoms with Crippen LogP contribution in [0.5, 0.6) is 0 Å². The summed E-state index contributed by atoms with van der Waals surface area (Å²) in [4.78, 5) is 22.9. The average molecular weight is 426 g/mol. The second-order valence-electron chi connectivity index (χ2n) is 6.35. The number of hydrogen-bond acceptors (Lipinski definition) is 5. The minimum absolute atomic E-state index is 0.257. The molecule has 7 nitrogen and oxygen atoms in total. The van der Waals surface area contributed by atoms with Gasteiger partial charge in [0.25, 0.3) is 10.0 Å². The van der Waals surface area contributed by atoms with Gasteiger partial charge in [-0.2, -0.15) is 0 Å². The highest BCUT2D eigenvalue weighted by Gasteiger charge is 2.30. The molecule has 0 aliphatic carbocycles. The molecule has 2 aromatic carbocycles. The van der Waals surface area contributed by atoms with E-state index in [1.165, 1.54) is 31.2 Å². The van der Waals surface area contributed by atoms with Crippen LogP contribution in [0, 0.1) is 11.6 Å². The molecule has 0 unspecified atom stereocenters. The lowest BCUT2D eigenvalue weighted by Crippen LogP contribution is -2.37. The van der Waals surface area contributed by atoms with E-state index >= 15 is 0 Å². The van der Waals surface area contributed by atoms with Gasteiger partial charge in [-0.15, -0.1) is 0 Å². The molecule has 0 aliphatic rings. The number of nitrogens with one attached hydrogen (secondary N) is 1. The van der Waals surface area contributed by atoms with Crippen LogP contribution in [0.3, 0.4) is 0 Å². The van der Waals surface area contributed by atoms with Crippen molar-refractivity contribution >= 4 is 33.3 Å². The van der Waals surface area contributed by atoms with Crippen molar-refractivity contribution in [1.82, 2.24) is 0 Å². The van der Waals surface area contributed by atoms with Crippen LogP contribution in [0.15, 0.2) is 47.4 Å². The molecule has 10 heteroatoms. The van der Waals surface area contributed by atoms with Crippen molar-refractivity contribution in [3.05, 3.63) is 54.1 Å². The number of hydrogen-bond donors (Lipinski definition) is 1. The molecule has 0 heterocycles. The van der Waals surface area contributed by atoms with E-state index in [1.807, 2.05) is 0 Å². The number of sulfonamides is 1. The number of nitrogens with zero attached hydrogens (tertiary/aromatic N) is 1. The fraction of sp³-hybridized carbons (Fsp3) is 0.263. The molecule has 0 spiro atoms. The Balaban J connectivity index is 2.47. The van der Waals surface area contributed by atoms with Crippen molar-refractivity contribution < 1.29 is 31.5 Å². The van der Waals surface area contributed by atoms with E-state index in [9.17, 15) is 26.8 Å². The number of amides is 1. The number of ether oxygens (including phenoxy) is 1. The second-order valence-corrected chi connectivity index (χ2v) is 8.21. The monoisotopic (exact) mass is 426 g/mol. The molecular weight excluding hydrogens is 406 g/mol. The molecule has 0 bridgehead atoms. The Morgan fingerprint density at radius 3 is 2.24 bits per heavy atom. The standard InChI is InChI=1S/C19H20F2N2O5S/c1-12(2)28-19(25)11-23(18-9-4-14(20)10-17(18)21)29(26,27)16-7-5-15(6-8-16)22-13(3)24/h4-10,12H,11H2,1-3H3,(H,22,24). The van der Waals surface area contributed by atoms with E-state index in [-0.39, 0.29) is 10.8 Å². The quantitative estimate of drug-likeness (QED) is 0.687. The summed E-state index contributed by atoms with van der Waals surface area (Å²) in [5, 5.41) is 2.49. The zero-order chi connectivity index (χ0) is 21.8. The van der Waals surface area contributed by atoms with E-state index in [0.717, 1.165) is 12.1 Å². The van der Waals surface area contributed by atoms with Gasteiger partial charge in [0.05, 0.1) is 16.7 Å². The van der Waals surface area contributed by atoms with Crippen molar-refractivity contribution in [3.8, 4) is 0 Å². The summed E-state index contributed by atoms with van der Waals surface area (Å²) in [7, 11) is -4.41. The lowest BCUT2D eigenvalue weighted by atomic mass is 10.3. The van der Waals surface area contributed by atoms with E-state index in [4.69, 9.17) is 4.74 Å². The van der Waals surface area contributed by atoms with Crippen LogP contribution < -0.4 is 9.62 Å². The number of benzene rings is 2. The van der Waals surface area contributed by atoms with Crippen molar-refractivity contribution in [2.45, 2.75) is 31.8 Å². The molecule has 0 aromatic heterocycles. The van der Waals surface area contributed by atoms with Crippen LogP contribution in [-0.4, -0.2) is 32.9 Å². The molecule has 29 heavy (non-hydrogen) atoms. The zero-order valence-electron chi connectivity index (χ0n) is 16.0. The molecule has 0 aliphatic heterocycles. The van der Waals surface area contributed by atoms with Gasteiger partial charge in [-0.3, -0.25) is 13.9 Å². The predicted molar refractivity (Wildman–Crippen MR) is 103 cm³/mol. The van der Waals surface area contributed by atoms with E-state index in [2.05, 4.69) is 5.32 Å². The maximum absolute atomic E-state index is 14.3. The molecule has 1 N–H and O–H groups in total. The smallest absolute Gasteiger partial charge is 0.327 e. The number of carbonyl (C=O) groups excluding carboxylic acids is 2. The Morgan fingerprint density at radius 2 is 1.72 bits per heavy atom. The molecule has 156 valence electrons. The van der Waals surface area contributed by atoms with Gasteiger partial charge in [0.2, 0.25) is 5.91 Å². The minimum atomic E-state index is -4.41. The first-order chi connectivity index (χ1) is 13.5. The first-order valence-electron chi connectivity index (χ1n) is 8.55. The summed E-state index contributed by atoms with van der Waals surface area (Å²) in [6.07, 6.45) is -0.512. The lowest BCUT2D eigenvalue weighted by molar-refractivity contribution is -0.145. The first kappa shape index (κ1) is 22.3. The first-order valence-corrected chi connectivity index (χ1v) is 9.99. The fourth-order valence-electron chi connectivity index (χ4n) is 2.44. The van der Waals surface area contributed by atoms with Crippen molar-refractivity contribution in [2.75, 3.05) is 16.2 Å². The number of anilines is 2. The maximum atomic E-state index is 14.3. The highest BCUT2D eigenvalue weighted by atomic mass is 32.2. The molecule has 0 atom stereocenters. The maximum Gasteiger partial charge on any atom is 0.327 e. The number of halogens is 2. The van der Waals surface area contributed by atoms with Gasteiger partial charge >= 0.3 is 5.97 Å². The zero-order valence-corrected chi connectivity index (χ0v) is 16.8. The van der Waals surface area contributed by atoms with Gasteiger partial charge < -0.3 is 10.1 Å². The van der Waals surface area contributed by atoms with Crippen LogP contribution >= 0.6 is 0 Å². The Kier molecular flexibility index (Phi) is 6.91. The normalized spacial score (nSPS) is 11.2. The average Bonchev–Trinajstić information content (AvgIpc) is 2.59. The summed E-state index contributed by atoms with van der Waals surface area (Å²) in [6, 6.07) is 7.42. The summed E-state index contributed by atoms with van der Waals surface area (Å²) >= 11 is 0. The predicted octanol–water partition coefficient (Wildman–Crippen LogP) is 3.07. The van der Waals surface area contributed by atoms with E-state index in [0.29, 0.717) is 16.1 Å². The van der Waals surface area contributed by atoms with E-state index in [1.54, 1.807) is 13.8 Å². The Morgan fingerprint density at radius 1 is 1.10 bits per heavy atom. The Hall–Kier alpha value is -3.01. The Bertz CT molecular complexity index is 1010. The summed E-state index contributed by atoms with van der Waals surface area (Å²) < 4.78 is 59.3. The van der Waals surface area contributed by atoms with Crippen LogP contribution in [-0.2, 0) is 24.3 Å². The van der Waals surface area contributed by atoms with Crippen LogP contribution in [0.1, 0.15) is 20.8 Å². The molecule has 1 amide bonds. The lowest BCUT2D eigenvalue weighted by Gasteiger charge is -2.24. The van der Waals surface area contributed by atoms with E-state index < -0.39 is 46.0 Å². The van der Waals surface area contributed by atoms with Gasteiger partial charge in [-0.05, 0) is 50.2 Å². The van der Waals surface area contributed by atoms with Gasteiger partial charge in [0.15, 0.2) is 0 Å². The molecular formula is C19H20F2N2O5S. The molecule has 0 saturated heterocycles. The number of esters is 1. The largest absolute Gasteiger partial charge is 0.462 e. The third kappa shape index (κ3) is 5.74. The molecule has 0 fully saturated rings. The van der Waals surface area contributed by atoms with Crippen LogP contribution in [0.2, 0.25) is 0 Å². The number of carbonyl (C=O) groups is 2. The SMILES string of the molecule is CC(=O)Nc1ccc(S(=O)(=O)N(CC(=O)OC(C)C)c2ccc(F)cc2F)cc1. The van der Waals surface area contributed by atoms with Crippen molar-refractivity contribution in [1.29, 1.82) is 0 Å². The van der Waals surface area contributed by atoms with Crippen molar-refractivity contribution in [2.24, 2.45) is 0 Å². The van der Waals surface area contributed by atoms with Gasteiger partial charge in [0.1, 0.15) is 18.2 Å². The summed E-state index contributed by atoms with van der Waals surface area (Å²) in [5.74, 6) is -3.29. The number of rotatable bonds is 7. The third-order valence-electron chi connectivity index (χ3n) is 3.58. The minimum Gasteiger partial charge on any atom is -0.462 e. The third-order valence-corrected chi connectivity index (χ3v) is 5.35. The molecule has 2 aromatic rings. The van der Waals surface area contributed by atoms with Gasteiger partial charge in [0, 0.05) is 18.7 Å². The highest BCUT2D eigenvalue weighted by Crippen LogP contribution is 2.27. The second kappa shape index (κ2) is 8.99. The summed E-state index contributed by atoms with van der Waals surface area (Å²) in [6.45, 7) is 3.65. The Labute approximate surface area is 167 Å². The molecule has 0 radical (unpaired) electrons. The topological polar surface area (TPSA) is 92.8 Å². The molecule has 0 saturated carbocycles. The van der Waals surface area contributed by atoms with Gasteiger partial charge in [-0.1, -0.05) is 0 Å². The van der Waals surface area contributed by atoms with Crippen LogP contribution in [0.25, 0.3) is 0 Å². The summed E-state index contributed by atoms with van der Waals surface area (Å²) in [5.41, 5.74) is -0.145. The van der Waals surface area contributed by atoms with Gasteiger partial charge in [-0.25, -0.2) is 17.2 Å². The van der Waals surface area contributed by atoms with Crippen molar-refractivity contribution in [3.63, 3.8) is 0 Å². The highest BCUT2D eigenvalue weighted by molar-refractivity contribution is 7.92.